The molecule has 3 aliphatic rings. The fourth-order valence-electron chi connectivity index (χ4n) is 4.41. The molecule has 1 heterocycles. The molecule has 3 aliphatic carbocycles. The molecule has 4 rings (SSSR count). The Labute approximate surface area is 135 Å². The zero-order chi connectivity index (χ0) is 16.1. The van der Waals surface area contributed by atoms with Crippen molar-refractivity contribution in [2.75, 3.05) is 6.54 Å². The van der Waals surface area contributed by atoms with Crippen molar-refractivity contribution in [1.29, 1.82) is 0 Å². The number of allylic oxidation sites excluding steroid dienone is 6. The van der Waals surface area contributed by atoms with Crippen molar-refractivity contribution < 1.29 is 9.90 Å². The number of nitrogens with zero attached hydrogens (tertiary/aromatic N) is 2. The standard InChI is InChI=1S/C18H21N3O2/c19-9-5-8-17-10-14(17)18(17,16(22)23)15-11-21(12-20-15)13-6-3-1-2-4-7-13/h1-4,6,11-12,14H,5,7-10,19H2,(H,22,23)/t14?,17-,18?/m1/s1. The molecule has 1 aromatic heterocycles. The number of fused-ring (bicyclic) bond motifs is 1. The van der Waals surface area contributed by atoms with E-state index in [-0.39, 0.29) is 11.3 Å². The molecule has 120 valence electrons. The highest BCUT2D eigenvalue weighted by atomic mass is 16.4. The van der Waals surface area contributed by atoms with Crippen LogP contribution in [-0.2, 0) is 10.2 Å². The van der Waals surface area contributed by atoms with E-state index in [1.165, 1.54) is 0 Å². The van der Waals surface area contributed by atoms with Crippen LogP contribution in [-0.4, -0.2) is 27.2 Å². The van der Waals surface area contributed by atoms with Crippen LogP contribution in [0.4, 0.5) is 0 Å². The first-order valence-corrected chi connectivity index (χ1v) is 8.17. The van der Waals surface area contributed by atoms with Gasteiger partial charge < -0.3 is 15.4 Å². The van der Waals surface area contributed by atoms with Gasteiger partial charge in [-0.2, -0.15) is 0 Å². The van der Waals surface area contributed by atoms with Crippen LogP contribution in [0.3, 0.4) is 0 Å². The number of carboxylic acid groups (broad SMARTS) is 1. The van der Waals surface area contributed by atoms with Gasteiger partial charge in [0.2, 0.25) is 0 Å². The lowest BCUT2D eigenvalue weighted by Crippen LogP contribution is -2.32. The molecular weight excluding hydrogens is 290 g/mol. The van der Waals surface area contributed by atoms with Gasteiger partial charge in [-0.1, -0.05) is 24.3 Å². The van der Waals surface area contributed by atoms with Gasteiger partial charge in [-0.3, -0.25) is 4.79 Å². The summed E-state index contributed by atoms with van der Waals surface area (Å²) in [5.41, 5.74) is 6.55. The molecule has 0 spiro atoms. The first-order valence-electron chi connectivity index (χ1n) is 8.17. The largest absolute Gasteiger partial charge is 0.481 e. The fraction of sp³-hybridized carbons (Fsp3) is 0.444. The van der Waals surface area contributed by atoms with Crippen LogP contribution in [0.5, 0.6) is 0 Å². The molecular formula is C18H21N3O2. The molecule has 2 saturated carbocycles. The highest BCUT2D eigenvalue weighted by molar-refractivity contribution is 5.91. The molecule has 5 nitrogen and oxygen atoms in total. The first kappa shape index (κ1) is 14.5. The Morgan fingerprint density at radius 2 is 2.30 bits per heavy atom. The number of nitrogens with two attached hydrogens (primary N) is 1. The maximum absolute atomic E-state index is 12.0. The molecule has 3 N–H and O–H groups in total. The third kappa shape index (κ3) is 1.83. The number of hydrogen-bond acceptors (Lipinski definition) is 3. The lowest BCUT2D eigenvalue weighted by atomic mass is 9.82. The number of aliphatic carboxylic acids is 1. The topological polar surface area (TPSA) is 81.1 Å². The summed E-state index contributed by atoms with van der Waals surface area (Å²) in [4.78, 5) is 16.5. The minimum atomic E-state index is -0.773. The van der Waals surface area contributed by atoms with Gasteiger partial charge in [0.05, 0.1) is 12.0 Å². The quantitative estimate of drug-likeness (QED) is 0.845. The number of hydrogen-bond donors (Lipinski definition) is 2. The molecule has 0 bridgehead atoms. The summed E-state index contributed by atoms with van der Waals surface area (Å²) in [6, 6.07) is 0. The third-order valence-corrected chi connectivity index (χ3v) is 5.76. The van der Waals surface area contributed by atoms with Crippen molar-refractivity contribution in [3.8, 4) is 0 Å². The minimum absolute atomic E-state index is 0.0883. The highest BCUT2D eigenvalue weighted by Gasteiger charge is 2.93. The number of rotatable bonds is 6. The van der Waals surface area contributed by atoms with Gasteiger partial charge in [-0.25, -0.2) is 4.98 Å². The lowest BCUT2D eigenvalue weighted by molar-refractivity contribution is -0.142. The average molecular weight is 311 g/mol. The van der Waals surface area contributed by atoms with Gasteiger partial charge in [0, 0.05) is 18.3 Å². The Morgan fingerprint density at radius 1 is 1.43 bits per heavy atom. The zero-order valence-electron chi connectivity index (χ0n) is 13.0. The third-order valence-electron chi connectivity index (χ3n) is 5.76. The normalized spacial score (nSPS) is 33.8. The first-order chi connectivity index (χ1) is 11.2. The Hall–Kier alpha value is -2.14. The smallest absolute Gasteiger partial charge is 0.316 e. The van der Waals surface area contributed by atoms with E-state index in [1.54, 1.807) is 6.33 Å². The molecule has 2 fully saturated rings. The molecule has 0 aromatic carbocycles. The second-order valence-corrected chi connectivity index (χ2v) is 6.76. The monoisotopic (exact) mass is 311 g/mol. The lowest BCUT2D eigenvalue weighted by Gasteiger charge is -2.21. The van der Waals surface area contributed by atoms with Gasteiger partial charge >= 0.3 is 5.97 Å². The predicted octanol–water partition coefficient (Wildman–Crippen LogP) is 2.32. The number of carbonyl (C=O) groups is 1. The SMILES string of the molecule is NCCC[C@@]12CC1C2(C(=O)O)c1cn(C2=CC=CC=CC2)cn1. The molecule has 5 heteroatoms. The van der Waals surface area contributed by atoms with Crippen LogP contribution in [0.15, 0.2) is 42.9 Å². The zero-order valence-corrected chi connectivity index (χ0v) is 13.0. The van der Waals surface area contributed by atoms with E-state index < -0.39 is 11.4 Å². The summed E-state index contributed by atoms with van der Waals surface area (Å²) >= 11 is 0. The summed E-state index contributed by atoms with van der Waals surface area (Å²) in [6.45, 7) is 0.615. The average Bonchev–Trinajstić information content (AvgIpc) is 3.35. The number of imidazole rings is 1. The van der Waals surface area contributed by atoms with Gasteiger partial charge in [-0.05, 0) is 43.2 Å². The minimum Gasteiger partial charge on any atom is -0.481 e. The van der Waals surface area contributed by atoms with Crippen LogP contribution in [0.2, 0.25) is 0 Å². The Balaban J connectivity index is 1.64. The maximum Gasteiger partial charge on any atom is 0.316 e. The van der Waals surface area contributed by atoms with E-state index in [4.69, 9.17) is 5.73 Å². The van der Waals surface area contributed by atoms with Gasteiger partial charge in [-0.15, -0.1) is 0 Å². The molecule has 0 aliphatic heterocycles. The highest BCUT2D eigenvalue weighted by Crippen LogP contribution is 2.89. The van der Waals surface area contributed by atoms with E-state index in [0.29, 0.717) is 12.2 Å². The summed E-state index contributed by atoms with van der Waals surface area (Å²) in [7, 11) is 0. The Bertz CT molecular complexity index is 745. The molecule has 2 unspecified atom stereocenters. The summed E-state index contributed by atoms with van der Waals surface area (Å²) in [5.74, 6) is -0.490. The second kappa shape index (κ2) is 4.93. The van der Waals surface area contributed by atoms with Crippen molar-refractivity contribution in [1.82, 2.24) is 9.55 Å². The van der Waals surface area contributed by atoms with Crippen molar-refractivity contribution in [3.05, 3.63) is 48.6 Å². The maximum atomic E-state index is 12.0. The van der Waals surface area contributed by atoms with Crippen LogP contribution >= 0.6 is 0 Å². The summed E-state index contributed by atoms with van der Waals surface area (Å²) in [6.07, 6.45) is 17.3. The van der Waals surface area contributed by atoms with E-state index >= 15 is 0 Å². The van der Waals surface area contributed by atoms with Gasteiger partial charge in [0.15, 0.2) is 0 Å². The molecule has 0 radical (unpaired) electrons. The van der Waals surface area contributed by atoms with Crippen molar-refractivity contribution in [3.63, 3.8) is 0 Å². The molecule has 0 saturated heterocycles. The van der Waals surface area contributed by atoms with Crippen LogP contribution in [0, 0.1) is 11.3 Å². The van der Waals surface area contributed by atoms with Crippen LogP contribution < -0.4 is 5.73 Å². The van der Waals surface area contributed by atoms with E-state index in [1.807, 2.05) is 35.1 Å². The second-order valence-electron chi connectivity index (χ2n) is 6.76. The molecule has 23 heavy (non-hydrogen) atoms. The van der Waals surface area contributed by atoms with E-state index in [9.17, 15) is 9.90 Å². The van der Waals surface area contributed by atoms with E-state index in [2.05, 4.69) is 11.1 Å². The molecule has 3 atom stereocenters. The summed E-state index contributed by atoms with van der Waals surface area (Å²) < 4.78 is 1.95. The van der Waals surface area contributed by atoms with Crippen LogP contribution in [0.25, 0.3) is 5.70 Å². The Kier molecular flexibility index (Phi) is 3.10. The van der Waals surface area contributed by atoms with Crippen molar-refractivity contribution in [2.45, 2.75) is 31.1 Å². The number of carboxylic acids is 1. The van der Waals surface area contributed by atoms with Gasteiger partial charge in [0.25, 0.3) is 0 Å². The summed E-state index contributed by atoms with van der Waals surface area (Å²) in [5, 5.41) is 9.87. The molecule has 0 amide bonds. The predicted molar refractivity (Wildman–Crippen MR) is 87.5 cm³/mol. The van der Waals surface area contributed by atoms with Crippen molar-refractivity contribution >= 4 is 11.7 Å². The van der Waals surface area contributed by atoms with Crippen molar-refractivity contribution in [2.24, 2.45) is 17.1 Å². The van der Waals surface area contributed by atoms with Crippen LogP contribution in [0.1, 0.15) is 31.4 Å². The molecule has 1 aromatic rings. The van der Waals surface area contributed by atoms with E-state index in [0.717, 1.165) is 31.4 Å². The fourth-order valence-corrected chi connectivity index (χ4v) is 4.41. The number of aromatic nitrogens is 2. The Morgan fingerprint density at radius 3 is 3.04 bits per heavy atom. The van der Waals surface area contributed by atoms with Gasteiger partial charge in [0.1, 0.15) is 5.41 Å².